The number of cyclic esters (lactones) is 1. The van der Waals surface area contributed by atoms with Gasteiger partial charge in [-0.15, -0.1) is 0 Å². The van der Waals surface area contributed by atoms with Crippen LogP contribution in [0.4, 0.5) is 0 Å². The van der Waals surface area contributed by atoms with Gasteiger partial charge in [-0.05, 0) is 27.2 Å². The molecule has 1 heterocycles. The van der Waals surface area contributed by atoms with Gasteiger partial charge in [0.1, 0.15) is 11.4 Å². The summed E-state index contributed by atoms with van der Waals surface area (Å²) in [5, 5.41) is 10.2. The van der Waals surface area contributed by atoms with E-state index < -0.39 is 11.2 Å². The largest absolute Gasteiger partial charge is 0.456 e. The normalized spacial score (nSPS) is 30.1. The maximum Gasteiger partial charge on any atom is 0.306 e. The summed E-state index contributed by atoms with van der Waals surface area (Å²) in [6, 6.07) is 0. The van der Waals surface area contributed by atoms with Gasteiger partial charge >= 0.3 is 5.97 Å². The summed E-state index contributed by atoms with van der Waals surface area (Å²) >= 11 is 0. The van der Waals surface area contributed by atoms with E-state index in [1.165, 1.54) is 0 Å². The molecular weight excluding hydrogens is 232 g/mol. The topological polar surface area (TPSA) is 63.6 Å². The van der Waals surface area contributed by atoms with Crippen molar-refractivity contribution < 1.29 is 19.4 Å². The van der Waals surface area contributed by atoms with E-state index in [0.717, 1.165) is 6.42 Å². The van der Waals surface area contributed by atoms with E-state index in [4.69, 9.17) is 4.74 Å². The molecule has 0 bridgehead atoms. The Kier molecular flexibility index (Phi) is 4.21. The molecular formula is C14H24O4. The highest BCUT2D eigenvalue weighted by atomic mass is 16.6. The number of hydrogen-bond donors (Lipinski definition) is 1. The van der Waals surface area contributed by atoms with E-state index in [1.54, 1.807) is 20.8 Å². The molecule has 0 saturated carbocycles. The fourth-order valence-electron chi connectivity index (χ4n) is 2.32. The molecule has 3 atom stereocenters. The van der Waals surface area contributed by atoms with Gasteiger partial charge < -0.3 is 9.84 Å². The van der Waals surface area contributed by atoms with Crippen molar-refractivity contribution in [1.29, 1.82) is 0 Å². The highest BCUT2D eigenvalue weighted by molar-refractivity contribution is 5.82. The molecule has 104 valence electrons. The quantitative estimate of drug-likeness (QED) is 0.765. The van der Waals surface area contributed by atoms with Gasteiger partial charge in [0, 0.05) is 18.3 Å². The Labute approximate surface area is 109 Å². The fourth-order valence-corrected chi connectivity index (χ4v) is 2.32. The van der Waals surface area contributed by atoms with Crippen molar-refractivity contribution in [1.82, 2.24) is 0 Å². The molecule has 1 rings (SSSR count). The van der Waals surface area contributed by atoms with E-state index in [-0.39, 0.29) is 30.0 Å². The van der Waals surface area contributed by atoms with Crippen LogP contribution >= 0.6 is 0 Å². The van der Waals surface area contributed by atoms with Crippen LogP contribution in [0.5, 0.6) is 0 Å². The van der Waals surface area contributed by atoms with Gasteiger partial charge in [0.25, 0.3) is 0 Å². The molecule has 4 heteroatoms. The highest BCUT2D eigenvalue weighted by Gasteiger charge is 2.54. The number of carbonyl (C=O) groups excluding carboxylic acids is 2. The van der Waals surface area contributed by atoms with Crippen LogP contribution in [0.3, 0.4) is 0 Å². The second kappa shape index (κ2) is 5.00. The van der Waals surface area contributed by atoms with Crippen LogP contribution < -0.4 is 0 Å². The summed E-state index contributed by atoms with van der Waals surface area (Å²) in [6.45, 7) is 8.81. The molecule has 1 aliphatic rings. The number of hydrogen-bond acceptors (Lipinski definition) is 4. The predicted molar refractivity (Wildman–Crippen MR) is 68.0 cm³/mol. The maximum absolute atomic E-state index is 12.0. The van der Waals surface area contributed by atoms with Crippen molar-refractivity contribution >= 4 is 11.8 Å². The highest BCUT2D eigenvalue weighted by Crippen LogP contribution is 2.43. The Morgan fingerprint density at radius 2 is 2.17 bits per heavy atom. The third-order valence-electron chi connectivity index (χ3n) is 4.34. The van der Waals surface area contributed by atoms with Crippen molar-refractivity contribution in [3.8, 4) is 0 Å². The minimum atomic E-state index is -1.15. The van der Waals surface area contributed by atoms with E-state index in [9.17, 15) is 14.7 Å². The Hall–Kier alpha value is -0.900. The molecule has 0 aromatic carbocycles. The average molecular weight is 256 g/mol. The van der Waals surface area contributed by atoms with Crippen LogP contribution in [-0.2, 0) is 14.3 Å². The van der Waals surface area contributed by atoms with Crippen molar-refractivity contribution in [3.05, 3.63) is 0 Å². The summed E-state index contributed by atoms with van der Waals surface area (Å²) < 4.78 is 5.30. The number of esters is 1. The van der Waals surface area contributed by atoms with Gasteiger partial charge in [-0.25, -0.2) is 0 Å². The van der Waals surface area contributed by atoms with Gasteiger partial charge in [-0.3, -0.25) is 9.59 Å². The third-order valence-corrected chi connectivity index (χ3v) is 4.34. The lowest BCUT2D eigenvalue weighted by atomic mass is 9.74. The first kappa shape index (κ1) is 15.2. The Morgan fingerprint density at radius 1 is 1.61 bits per heavy atom. The number of Topliss-reactive ketones (excluding diaryl/α,β-unsaturated/α-hetero) is 1. The Balaban J connectivity index is 2.87. The lowest BCUT2D eigenvalue weighted by Gasteiger charge is -2.39. The molecule has 0 aromatic heterocycles. The van der Waals surface area contributed by atoms with E-state index >= 15 is 0 Å². The zero-order valence-corrected chi connectivity index (χ0v) is 11.9. The van der Waals surface area contributed by atoms with Crippen LogP contribution in [0.2, 0.25) is 0 Å². The van der Waals surface area contributed by atoms with Crippen molar-refractivity contribution in [2.24, 2.45) is 11.8 Å². The summed E-state index contributed by atoms with van der Waals surface area (Å²) in [5.74, 6) is -0.448. The van der Waals surface area contributed by atoms with Crippen molar-refractivity contribution in [2.45, 2.75) is 65.1 Å². The summed E-state index contributed by atoms with van der Waals surface area (Å²) in [6.07, 6.45) is 1.30. The molecule has 0 aliphatic carbocycles. The molecule has 1 N–H and O–H groups in total. The standard InChI is InChI=1S/C14H24O4/c1-6-9(2)11(15)7-10-8-12(16)18-14(10,5)13(3,4)17/h9-10,17H,6-8H2,1-5H3. The van der Waals surface area contributed by atoms with Crippen molar-refractivity contribution in [2.75, 3.05) is 0 Å². The van der Waals surface area contributed by atoms with Gasteiger partial charge in [0.15, 0.2) is 0 Å². The van der Waals surface area contributed by atoms with Gasteiger partial charge in [-0.2, -0.15) is 0 Å². The average Bonchev–Trinajstić information content (AvgIpc) is 2.53. The number of ether oxygens (including phenoxy) is 1. The monoisotopic (exact) mass is 256 g/mol. The minimum Gasteiger partial charge on any atom is -0.456 e. The summed E-state index contributed by atoms with van der Waals surface area (Å²) in [4.78, 5) is 23.5. The Morgan fingerprint density at radius 3 is 2.61 bits per heavy atom. The molecule has 0 radical (unpaired) electrons. The molecule has 0 spiro atoms. The van der Waals surface area contributed by atoms with Crippen LogP contribution in [0.1, 0.15) is 53.9 Å². The van der Waals surface area contributed by atoms with E-state index in [2.05, 4.69) is 0 Å². The summed E-state index contributed by atoms with van der Waals surface area (Å²) in [7, 11) is 0. The fraction of sp³-hybridized carbons (Fsp3) is 0.857. The molecule has 3 unspecified atom stereocenters. The SMILES string of the molecule is CCC(C)C(=O)CC1CC(=O)OC1(C)C(C)(C)O. The van der Waals surface area contributed by atoms with Crippen LogP contribution in [0, 0.1) is 11.8 Å². The molecule has 1 fully saturated rings. The third kappa shape index (κ3) is 2.74. The van der Waals surface area contributed by atoms with Gasteiger partial charge in [0.05, 0.1) is 12.0 Å². The molecule has 1 aliphatic heterocycles. The first-order chi connectivity index (χ1) is 8.11. The second-order valence-corrected chi connectivity index (χ2v) is 6.02. The van der Waals surface area contributed by atoms with Gasteiger partial charge in [0.2, 0.25) is 0 Å². The molecule has 4 nitrogen and oxygen atoms in total. The minimum absolute atomic E-state index is 0.00763. The van der Waals surface area contributed by atoms with Crippen LogP contribution in [-0.4, -0.2) is 28.1 Å². The first-order valence-corrected chi connectivity index (χ1v) is 6.58. The number of aliphatic hydroxyl groups is 1. The molecule has 0 aromatic rings. The van der Waals surface area contributed by atoms with E-state index in [0.29, 0.717) is 6.42 Å². The first-order valence-electron chi connectivity index (χ1n) is 6.58. The smallest absolute Gasteiger partial charge is 0.306 e. The lowest BCUT2D eigenvalue weighted by molar-refractivity contribution is -0.175. The second-order valence-electron chi connectivity index (χ2n) is 6.02. The number of ketones is 1. The summed E-state index contributed by atoms with van der Waals surface area (Å²) in [5.41, 5.74) is -2.13. The van der Waals surface area contributed by atoms with E-state index in [1.807, 2.05) is 13.8 Å². The molecule has 18 heavy (non-hydrogen) atoms. The van der Waals surface area contributed by atoms with Crippen LogP contribution in [0.25, 0.3) is 0 Å². The Bertz CT molecular complexity index is 342. The van der Waals surface area contributed by atoms with Crippen LogP contribution in [0.15, 0.2) is 0 Å². The van der Waals surface area contributed by atoms with Gasteiger partial charge in [-0.1, -0.05) is 13.8 Å². The molecule has 0 amide bonds. The predicted octanol–water partition coefficient (Wildman–Crippen LogP) is 2.08. The zero-order valence-electron chi connectivity index (χ0n) is 11.9. The van der Waals surface area contributed by atoms with Crippen molar-refractivity contribution in [3.63, 3.8) is 0 Å². The maximum atomic E-state index is 12.0. The molecule has 1 saturated heterocycles. The zero-order chi connectivity index (χ0) is 14.1. The lowest BCUT2D eigenvalue weighted by Crippen LogP contribution is -2.52. The number of rotatable bonds is 5. The number of carbonyl (C=O) groups is 2.